The van der Waals surface area contributed by atoms with Crippen LogP contribution in [0.25, 0.3) is 11.4 Å². The van der Waals surface area contributed by atoms with E-state index in [1.54, 1.807) is 12.4 Å². The van der Waals surface area contributed by atoms with Crippen LogP contribution < -0.4 is 5.73 Å². The maximum atomic E-state index is 6.21. The third-order valence-corrected chi connectivity index (χ3v) is 3.15. The van der Waals surface area contributed by atoms with Gasteiger partial charge in [-0.15, -0.1) is 0 Å². The van der Waals surface area contributed by atoms with Crippen molar-refractivity contribution < 1.29 is 0 Å². The lowest BCUT2D eigenvalue weighted by Crippen LogP contribution is -2.13. The Balaban J connectivity index is 1.88. The smallest absolute Gasteiger partial charge is 0.182 e. The molecule has 0 amide bonds. The number of nitrogens with one attached hydrogen (secondary N) is 1. The molecule has 5 nitrogen and oxygen atoms in total. The van der Waals surface area contributed by atoms with Crippen molar-refractivity contribution in [1.82, 2.24) is 20.2 Å². The van der Waals surface area contributed by atoms with E-state index in [1.807, 2.05) is 43.3 Å². The molecular formula is C15H15N5. The van der Waals surface area contributed by atoms with Crippen LogP contribution >= 0.6 is 0 Å². The van der Waals surface area contributed by atoms with Crippen LogP contribution in [0, 0.1) is 6.92 Å². The van der Waals surface area contributed by atoms with Crippen molar-refractivity contribution in [2.75, 3.05) is 0 Å². The van der Waals surface area contributed by atoms with Gasteiger partial charge in [-0.2, -0.15) is 5.10 Å². The fourth-order valence-corrected chi connectivity index (χ4v) is 1.97. The molecule has 0 saturated carbocycles. The monoisotopic (exact) mass is 265 g/mol. The molecular weight excluding hydrogens is 250 g/mol. The van der Waals surface area contributed by atoms with Crippen LogP contribution in [0.15, 0.2) is 48.8 Å². The molecule has 0 fully saturated rings. The summed E-state index contributed by atoms with van der Waals surface area (Å²) >= 11 is 0. The highest BCUT2D eigenvalue weighted by Gasteiger charge is 2.14. The fraction of sp³-hybridized carbons (Fsp3) is 0.133. The van der Waals surface area contributed by atoms with Gasteiger partial charge in [0.25, 0.3) is 0 Å². The number of aromatic amines is 1. The van der Waals surface area contributed by atoms with E-state index < -0.39 is 0 Å². The van der Waals surface area contributed by atoms with Gasteiger partial charge in [-0.05, 0) is 24.6 Å². The Hall–Kier alpha value is -2.53. The number of H-pyrrole nitrogens is 1. The van der Waals surface area contributed by atoms with Gasteiger partial charge in [0.15, 0.2) is 5.82 Å². The van der Waals surface area contributed by atoms with E-state index in [9.17, 15) is 0 Å². The lowest BCUT2D eigenvalue weighted by molar-refractivity contribution is 0.787. The molecule has 0 aliphatic heterocycles. The minimum Gasteiger partial charge on any atom is -0.318 e. The highest BCUT2D eigenvalue weighted by molar-refractivity contribution is 5.52. The minimum absolute atomic E-state index is 0.312. The van der Waals surface area contributed by atoms with Crippen molar-refractivity contribution in [1.29, 1.82) is 0 Å². The normalized spacial score (nSPS) is 12.3. The van der Waals surface area contributed by atoms with Crippen molar-refractivity contribution in [3.63, 3.8) is 0 Å². The van der Waals surface area contributed by atoms with Gasteiger partial charge in [-0.1, -0.05) is 29.8 Å². The first-order chi connectivity index (χ1) is 9.74. The number of pyridine rings is 1. The number of nitrogens with two attached hydrogens (primary N) is 1. The van der Waals surface area contributed by atoms with Crippen LogP contribution in [-0.4, -0.2) is 20.2 Å². The van der Waals surface area contributed by atoms with E-state index >= 15 is 0 Å². The first-order valence-corrected chi connectivity index (χ1v) is 6.39. The number of aryl methyl sites for hydroxylation is 1. The van der Waals surface area contributed by atoms with Crippen LogP contribution in [0.3, 0.4) is 0 Å². The van der Waals surface area contributed by atoms with E-state index in [1.165, 1.54) is 5.56 Å². The lowest BCUT2D eigenvalue weighted by Gasteiger charge is -2.08. The van der Waals surface area contributed by atoms with E-state index in [-0.39, 0.29) is 6.04 Å². The Kier molecular flexibility index (Phi) is 3.26. The molecule has 1 unspecified atom stereocenters. The van der Waals surface area contributed by atoms with Crippen LogP contribution in [0.5, 0.6) is 0 Å². The molecule has 5 heteroatoms. The summed E-state index contributed by atoms with van der Waals surface area (Å²) in [5, 5.41) is 7.10. The summed E-state index contributed by atoms with van der Waals surface area (Å²) < 4.78 is 0. The Labute approximate surface area is 116 Å². The summed E-state index contributed by atoms with van der Waals surface area (Å²) in [7, 11) is 0. The van der Waals surface area contributed by atoms with Gasteiger partial charge >= 0.3 is 0 Å². The number of nitrogens with zero attached hydrogens (tertiary/aromatic N) is 3. The third-order valence-electron chi connectivity index (χ3n) is 3.15. The van der Waals surface area contributed by atoms with Gasteiger partial charge in [0.05, 0.1) is 6.04 Å². The predicted octanol–water partition coefficient (Wildman–Crippen LogP) is 2.22. The van der Waals surface area contributed by atoms with Crippen molar-refractivity contribution in [3.8, 4) is 11.4 Å². The van der Waals surface area contributed by atoms with Crippen LogP contribution in [0.1, 0.15) is 23.0 Å². The van der Waals surface area contributed by atoms with Crippen LogP contribution in [0.2, 0.25) is 0 Å². The summed E-state index contributed by atoms with van der Waals surface area (Å²) in [5.74, 6) is 1.25. The molecule has 3 rings (SSSR count). The molecule has 3 N–H and O–H groups in total. The van der Waals surface area contributed by atoms with Gasteiger partial charge in [-0.25, -0.2) is 4.98 Å². The summed E-state index contributed by atoms with van der Waals surface area (Å²) in [4.78, 5) is 8.51. The fourth-order valence-electron chi connectivity index (χ4n) is 1.97. The van der Waals surface area contributed by atoms with Crippen molar-refractivity contribution in [2.45, 2.75) is 13.0 Å². The molecule has 0 aliphatic rings. The van der Waals surface area contributed by atoms with E-state index in [4.69, 9.17) is 5.73 Å². The molecule has 2 aromatic heterocycles. The topological polar surface area (TPSA) is 80.5 Å². The largest absolute Gasteiger partial charge is 0.318 e. The Morgan fingerprint density at radius 1 is 1.15 bits per heavy atom. The molecule has 0 spiro atoms. The summed E-state index contributed by atoms with van der Waals surface area (Å²) in [6, 6.07) is 11.5. The quantitative estimate of drug-likeness (QED) is 0.761. The zero-order valence-electron chi connectivity index (χ0n) is 11.1. The Morgan fingerprint density at radius 3 is 2.65 bits per heavy atom. The highest BCUT2D eigenvalue weighted by atomic mass is 15.2. The zero-order valence-corrected chi connectivity index (χ0v) is 11.1. The van der Waals surface area contributed by atoms with Gasteiger partial charge in [0.2, 0.25) is 0 Å². The zero-order chi connectivity index (χ0) is 13.9. The number of rotatable bonds is 3. The molecule has 2 heterocycles. The second-order valence-electron chi connectivity index (χ2n) is 4.67. The average molecular weight is 265 g/mol. The third kappa shape index (κ3) is 2.44. The van der Waals surface area contributed by atoms with Gasteiger partial charge < -0.3 is 5.73 Å². The van der Waals surface area contributed by atoms with Gasteiger partial charge in [-0.3, -0.25) is 10.1 Å². The molecule has 0 aliphatic carbocycles. The standard InChI is InChI=1S/C15H15N5/c1-10-4-6-11(7-5-10)13(16)15-18-14(19-20-15)12-3-2-8-17-9-12/h2-9,13H,16H2,1H3,(H,18,19,20). The first kappa shape index (κ1) is 12.5. The number of hydrogen-bond acceptors (Lipinski definition) is 4. The van der Waals surface area contributed by atoms with Crippen molar-refractivity contribution in [3.05, 3.63) is 65.7 Å². The predicted molar refractivity (Wildman–Crippen MR) is 76.8 cm³/mol. The van der Waals surface area contributed by atoms with E-state index in [0.717, 1.165) is 11.1 Å². The SMILES string of the molecule is Cc1ccc(C(N)c2nc(-c3cccnc3)n[nH]2)cc1. The second-order valence-corrected chi connectivity index (χ2v) is 4.67. The molecule has 0 saturated heterocycles. The molecule has 1 aromatic carbocycles. The molecule has 3 aromatic rings. The van der Waals surface area contributed by atoms with Gasteiger partial charge in [0, 0.05) is 18.0 Å². The van der Waals surface area contributed by atoms with Gasteiger partial charge in [0.1, 0.15) is 5.82 Å². The minimum atomic E-state index is -0.312. The molecule has 0 bridgehead atoms. The number of hydrogen-bond donors (Lipinski definition) is 2. The van der Waals surface area contributed by atoms with Crippen LogP contribution in [-0.2, 0) is 0 Å². The molecule has 0 radical (unpaired) electrons. The Morgan fingerprint density at radius 2 is 1.95 bits per heavy atom. The number of aromatic nitrogens is 4. The summed E-state index contributed by atoms with van der Waals surface area (Å²) in [6.45, 7) is 2.05. The lowest BCUT2D eigenvalue weighted by atomic mass is 10.1. The molecule has 20 heavy (non-hydrogen) atoms. The average Bonchev–Trinajstić information content (AvgIpc) is 2.98. The molecule has 100 valence electrons. The summed E-state index contributed by atoms with van der Waals surface area (Å²) in [5.41, 5.74) is 9.28. The van der Waals surface area contributed by atoms with Crippen LogP contribution in [0.4, 0.5) is 0 Å². The maximum Gasteiger partial charge on any atom is 0.182 e. The maximum absolute atomic E-state index is 6.21. The second kappa shape index (κ2) is 5.22. The highest BCUT2D eigenvalue weighted by Crippen LogP contribution is 2.19. The van der Waals surface area contributed by atoms with Crippen molar-refractivity contribution in [2.24, 2.45) is 5.73 Å². The Bertz CT molecular complexity index is 688. The van der Waals surface area contributed by atoms with E-state index in [2.05, 4.69) is 20.2 Å². The van der Waals surface area contributed by atoms with E-state index in [0.29, 0.717) is 11.6 Å². The molecule has 1 atom stereocenters. The van der Waals surface area contributed by atoms with Crippen molar-refractivity contribution >= 4 is 0 Å². The number of benzene rings is 1. The first-order valence-electron chi connectivity index (χ1n) is 6.39. The summed E-state index contributed by atoms with van der Waals surface area (Å²) in [6.07, 6.45) is 3.44.